The number of aromatic nitrogens is 1. The van der Waals surface area contributed by atoms with Crippen LogP contribution < -0.4 is 4.74 Å². The van der Waals surface area contributed by atoms with Crippen molar-refractivity contribution in [3.05, 3.63) is 59.1 Å². The Bertz CT molecular complexity index is 939. The van der Waals surface area contributed by atoms with Crippen LogP contribution in [0.1, 0.15) is 28.7 Å². The Labute approximate surface area is 163 Å². The van der Waals surface area contributed by atoms with Gasteiger partial charge in [0.05, 0.1) is 21.6 Å². The quantitative estimate of drug-likeness (QED) is 0.403. The Balaban J connectivity index is 1.52. The Morgan fingerprint density at radius 2 is 1.82 bits per heavy atom. The van der Waals surface area contributed by atoms with Gasteiger partial charge in [0.1, 0.15) is 5.75 Å². The summed E-state index contributed by atoms with van der Waals surface area (Å²) in [6.45, 7) is -1.46. The lowest BCUT2D eigenvalue weighted by molar-refractivity contribution is -0.146. The van der Waals surface area contributed by atoms with Crippen LogP contribution in [0.15, 0.2) is 48.5 Å². The summed E-state index contributed by atoms with van der Waals surface area (Å²) in [4.78, 5) is 28.8. The lowest BCUT2D eigenvalue weighted by Crippen LogP contribution is -2.24. The number of rotatable bonds is 8. The van der Waals surface area contributed by atoms with Gasteiger partial charge in [0.25, 0.3) is 0 Å². The van der Waals surface area contributed by atoms with Gasteiger partial charge in [-0.2, -0.15) is 8.78 Å². The number of aryl methyl sites for hydroxylation is 1. The summed E-state index contributed by atoms with van der Waals surface area (Å²) in [7, 11) is 0. The van der Waals surface area contributed by atoms with Crippen LogP contribution >= 0.6 is 11.3 Å². The number of ketones is 1. The third kappa shape index (κ3) is 5.10. The van der Waals surface area contributed by atoms with E-state index in [4.69, 9.17) is 4.74 Å². The van der Waals surface area contributed by atoms with Crippen molar-refractivity contribution in [1.82, 2.24) is 4.98 Å². The van der Waals surface area contributed by atoms with Crippen molar-refractivity contribution in [1.29, 1.82) is 0 Å². The van der Waals surface area contributed by atoms with Crippen LogP contribution in [0.4, 0.5) is 8.78 Å². The molecule has 0 saturated carbocycles. The number of ether oxygens (including phenoxy) is 2. The topological polar surface area (TPSA) is 65.5 Å². The van der Waals surface area contributed by atoms with Crippen molar-refractivity contribution in [2.24, 2.45) is 0 Å². The summed E-state index contributed by atoms with van der Waals surface area (Å²) in [5, 5.41) is 0.826. The minimum atomic E-state index is -2.93. The highest BCUT2D eigenvalue weighted by Gasteiger charge is 2.20. The summed E-state index contributed by atoms with van der Waals surface area (Å²) in [5.41, 5.74) is 1.13. The third-order valence-electron chi connectivity index (χ3n) is 3.92. The molecule has 0 bridgehead atoms. The van der Waals surface area contributed by atoms with Crippen LogP contribution in [0.25, 0.3) is 10.2 Å². The first kappa shape index (κ1) is 19.9. The van der Waals surface area contributed by atoms with E-state index in [1.54, 1.807) is 0 Å². The first-order valence-corrected chi connectivity index (χ1v) is 9.37. The molecule has 28 heavy (non-hydrogen) atoms. The molecule has 1 aromatic heterocycles. The van der Waals surface area contributed by atoms with E-state index in [9.17, 15) is 18.4 Å². The zero-order valence-corrected chi connectivity index (χ0v) is 15.7. The van der Waals surface area contributed by atoms with Gasteiger partial charge < -0.3 is 9.47 Å². The fraction of sp³-hybridized carbons (Fsp3) is 0.250. The van der Waals surface area contributed by atoms with Gasteiger partial charge in [-0.15, -0.1) is 11.3 Å². The third-order valence-corrected chi connectivity index (χ3v) is 5.02. The number of hydrogen-bond donors (Lipinski definition) is 0. The monoisotopic (exact) mass is 405 g/mol. The van der Waals surface area contributed by atoms with Crippen molar-refractivity contribution >= 4 is 33.3 Å². The molecule has 5 nitrogen and oxygen atoms in total. The number of benzene rings is 2. The van der Waals surface area contributed by atoms with Crippen molar-refractivity contribution in [2.45, 2.75) is 32.5 Å². The second-order valence-corrected chi connectivity index (χ2v) is 7.09. The minimum Gasteiger partial charge on any atom is -0.454 e. The Hall–Kier alpha value is -2.87. The number of fused-ring (bicyclic) bond motifs is 1. The van der Waals surface area contributed by atoms with Gasteiger partial charge in [-0.1, -0.05) is 12.1 Å². The number of Topliss-reactive ketones (excluding diaryl/α,β-unsaturated/α-hetero) is 1. The Kier molecular flexibility index (Phi) is 6.30. The normalized spacial score (nSPS) is 12.1. The zero-order chi connectivity index (χ0) is 20.1. The first-order valence-electron chi connectivity index (χ1n) is 8.55. The van der Waals surface area contributed by atoms with Gasteiger partial charge in [-0.05, 0) is 43.3 Å². The Morgan fingerprint density at radius 3 is 2.50 bits per heavy atom. The number of carbonyl (C=O) groups excluding carboxylic acids is 2. The minimum absolute atomic E-state index is 0.0490. The van der Waals surface area contributed by atoms with Crippen LogP contribution in [0, 0.1) is 0 Å². The van der Waals surface area contributed by atoms with Crippen LogP contribution in [0.3, 0.4) is 0 Å². The summed E-state index contributed by atoms with van der Waals surface area (Å²) < 4.78 is 34.8. The molecule has 3 aromatic rings. The van der Waals surface area contributed by atoms with Crippen LogP contribution in [-0.4, -0.2) is 29.5 Å². The molecule has 3 rings (SSSR count). The number of nitrogens with zero attached hydrogens (tertiary/aromatic N) is 1. The van der Waals surface area contributed by atoms with Gasteiger partial charge in [0.15, 0.2) is 6.10 Å². The SMILES string of the molecule is C[C@@H](OC(=O)CCc1nc2ccccc2s1)C(=O)c1ccc(OC(F)F)cc1. The molecule has 0 aliphatic heterocycles. The smallest absolute Gasteiger partial charge is 0.387 e. The fourth-order valence-corrected chi connectivity index (χ4v) is 3.55. The number of hydrogen-bond acceptors (Lipinski definition) is 6. The summed E-state index contributed by atoms with van der Waals surface area (Å²) >= 11 is 1.52. The zero-order valence-electron chi connectivity index (χ0n) is 14.9. The van der Waals surface area contributed by atoms with E-state index >= 15 is 0 Å². The average molecular weight is 405 g/mol. The summed E-state index contributed by atoms with van der Waals surface area (Å²) in [6.07, 6.45) is -0.443. The number of halogens is 2. The molecule has 1 atom stereocenters. The predicted molar refractivity (Wildman–Crippen MR) is 101 cm³/mol. The van der Waals surface area contributed by atoms with E-state index < -0.39 is 24.5 Å². The van der Waals surface area contributed by atoms with Gasteiger partial charge in [-0.25, -0.2) is 4.98 Å². The second-order valence-electron chi connectivity index (χ2n) is 5.97. The molecule has 0 fully saturated rings. The lowest BCUT2D eigenvalue weighted by Gasteiger charge is -2.12. The van der Waals surface area contributed by atoms with Crippen LogP contribution in [-0.2, 0) is 16.0 Å². The number of esters is 1. The van der Waals surface area contributed by atoms with Crippen LogP contribution in [0.5, 0.6) is 5.75 Å². The van der Waals surface area contributed by atoms with Gasteiger partial charge in [0.2, 0.25) is 5.78 Å². The first-order chi connectivity index (χ1) is 13.4. The maximum atomic E-state index is 12.3. The van der Waals surface area contributed by atoms with Gasteiger partial charge in [0, 0.05) is 12.0 Å². The van der Waals surface area contributed by atoms with Crippen LogP contribution in [0.2, 0.25) is 0 Å². The van der Waals surface area contributed by atoms with E-state index in [0.717, 1.165) is 15.2 Å². The van der Waals surface area contributed by atoms with E-state index in [2.05, 4.69) is 9.72 Å². The van der Waals surface area contributed by atoms with Crippen molar-refractivity contribution < 1.29 is 27.8 Å². The van der Waals surface area contributed by atoms with Gasteiger partial charge >= 0.3 is 12.6 Å². The number of alkyl halides is 2. The Morgan fingerprint density at radius 1 is 1.11 bits per heavy atom. The molecule has 0 amide bonds. The van der Waals surface area contributed by atoms with E-state index in [1.807, 2.05) is 24.3 Å². The highest BCUT2D eigenvalue weighted by molar-refractivity contribution is 7.18. The fourth-order valence-electron chi connectivity index (χ4n) is 2.58. The molecule has 0 spiro atoms. The highest BCUT2D eigenvalue weighted by atomic mass is 32.1. The lowest BCUT2D eigenvalue weighted by atomic mass is 10.1. The highest BCUT2D eigenvalue weighted by Crippen LogP contribution is 2.22. The molecule has 0 N–H and O–H groups in total. The van der Waals surface area contributed by atoms with Gasteiger partial charge in [-0.3, -0.25) is 9.59 Å². The molecular formula is C20H17F2NO4S. The standard InChI is InChI=1S/C20H17F2NO4S/c1-12(19(25)13-6-8-14(9-7-13)27-20(21)22)26-18(24)11-10-17-23-15-4-2-3-5-16(15)28-17/h2-9,12,20H,10-11H2,1H3/t12-/m1/s1. The molecule has 2 aromatic carbocycles. The molecular weight excluding hydrogens is 388 g/mol. The maximum absolute atomic E-state index is 12.3. The summed E-state index contributed by atoms with van der Waals surface area (Å²) in [6, 6.07) is 12.9. The number of thiazole rings is 1. The molecule has 0 aliphatic rings. The largest absolute Gasteiger partial charge is 0.454 e. The van der Waals surface area contributed by atoms with E-state index in [0.29, 0.717) is 6.42 Å². The molecule has 8 heteroatoms. The molecule has 0 aliphatic carbocycles. The summed E-state index contributed by atoms with van der Waals surface area (Å²) in [5.74, 6) is -0.971. The molecule has 0 radical (unpaired) electrons. The molecule has 0 unspecified atom stereocenters. The molecule has 146 valence electrons. The van der Waals surface area contributed by atoms with Crippen molar-refractivity contribution in [3.63, 3.8) is 0 Å². The second kappa shape index (κ2) is 8.88. The average Bonchev–Trinajstić information content (AvgIpc) is 3.09. The van der Waals surface area contributed by atoms with E-state index in [1.165, 1.54) is 42.5 Å². The van der Waals surface area contributed by atoms with Crippen molar-refractivity contribution in [2.75, 3.05) is 0 Å². The number of para-hydroxylation sites is 1. The van der Waals surface area contributed by atoms with Crippen molar-refractivity contribution in [3.8, 4) is 5.75 Å². The number of carbonyl (C=O) groups is 2. The van der Waals surface area contributed by atoms with E-state index in [-0.39, 0.29) is 17.7 Å². The predicted octanol–water partition coefficient (Wildman–Crippen LogP) is 4.64. The maximum Gasteiger partial charge on any atom is 0.387 e. The molecule has 0 saturated heterocycles. The molecule has 1 heterocycles.